The smallest absolute Gasteiger partial charge is 0.430 e. The summed E-state index contributed by atoms with van der Waals surface area (Å²) >= 11 is 0. The number of fused-ring (bicyclic) bond motifs is 1. The topological polar surface area (TPSA) is 66.8 Å². The Labute approximate surface area is 105 Å². The fraction of sp³-hybridized carbons (Fsp3) is 0.250. The Morgan fingerprint density at radius 3 is 2.58 bits per heavy atom. The van der Waals surface area contributed by atoms with Crippen molar-refractivity contribution in [1.82, 2.24) is 0 Å². The van der Waals surface area contributed by atoms with Crippen LogP contribution in [0.15, 0.2) is 23.8 Å². The fourth-order valence-electron chi connectivity index (χ4n) is 1.77. The summed E-state index contributed by atoms with van der Waals surface area (Å²) in [5, 5.41) is 17.8. The van der Waals surface area contributed by atoms with Gasteiger partial charge in [0, 0.05) is 5.56 Å². The van der Waals surface area contributed by atoms with Crippen LogP contribution in [-0.2, 0) is 11.4 Å². The molecule has 1 aliphatic rings. The molecule has 0 unspecified atom stereocenters. The first-order valence-electron chi connectivity index (χ1n) is 5.25. The van der Waals surface area contributed by atoms with E-state index >= 15 is 0 Å². The molecule has 2 N–H and O–H groups in total. The summed E-state index contributed by atoms with van der Waals surface area (Å²) in [5.74, 6) is -1.76. The number of alkyl halides is 3. The first-order chi connectivity index (χ1) is 8.82. The Balaban J connectivity index is 2.51. The molecule has 19 heavy (non-hydrogen) atoms. The maximum absolute atomic E-state index is 12.7. The van der Waals surface area contributed by atoms with Crippen LogP contribution in [0.25, 0.3) is 6.08 Å². The zero-order chi connectivity index (χ0) is 14.2. The number of hydrogen-bond donors (Lipinski definition) is 2. The lowest BCUT2D eigenvalue weighted by Crippen LogP contribution is -2.40. The molecule has 2 rings (SSSR count). The lowest BCUT2D eigenvalue weighted by Gasteiger charge is -2.27. The molecular formula is C12H9F3O4. The molecule has 0 aromatic heterocycles. The van der Waals surface area contributed by atoms with Gasteiger partial charge >= 0.3 is 12.1 Å². The number of hydrogen-bond acceptors (Lipinski definition) is 3. The molecule has 1 atom stereocenters. The summed E-state index contributed by atoms with van der Waals surface area (Å²) in [4.78, 5) is 10.9. The van der Waals surface area contributed by atoms with Crippen LogP contribution >= 0.6 is 0 Å². The molecule has 0 saturated carbocycles. The Kier molecular flexibility index (Phi) is 3.23. The van der Waals surface area contributed by atoms with Gasteiger partial charge in [0.25, 0.3) is 0 Å². The Morgan fingerprint density at radius 1 is 1.37 bits per heavy atom. The molecule has 1 aliphatic heterocycles. The third-order valence-corrected chi connectivity index (χ3v) is 2.64. The number of aliphatic carboxylic acids is 1. The molecule has 102 valence electrons. The second-order valence-corrected chi connectivity index (χ2v) is 3.97. The van der Waals surface area contributed by atoms with E-state index in [1.807, 2.05) is 0 Å². The Morgan fingerprint density at radius 2 is 2.05 bits per heavy atom. The highest BCUT2D eigenvalue weighted by Crippen LogP contribution is 2.37. The summed E-state index contributed by atoms with van der Waals surface area (Å²) in [6.07, 6.45) is -6.38. The van der Waals surface area contributed by atoms with Crippen molar-refractivity contribution in [3.05, 3.63) is 34.9 Å². The number of aliphatic hydroxyl groups excluding tert-OH is 1. The standard InChI is InChI=1S/C12H9F3O4/c13-12(14,15)10-8(11(17)18)4-7-3-6(5-16)1-2-9(7)19-10/h1-4,10,16H,5H2,(H,17,18)/t10-/m0/s1. The predicted octanol–water partition coefficient (Wildman–Crippen LogP) is 1.97. The van der Waals surface area contributed by atoms with Crippen molar-refractivity contribution in [3.8, 4) is 5.75 Å². The van der Waals surface area contributed by atoms with Gasteiger partial charge in [0.1, 0.15) is 5.75 Å². The van der Waals surface area contributed by atoms with Crippen molar-refractivity contribution in [2.24, 2.45) is 0 Å². The van der Waals surface area contributed by atoms with E-state index in [0.29, 0.717) is 5.56 Å². The van der Waals surface area contributed by atoms with Crippen LogP contribution < -0.4 is 4.74 Å². The number of benzene rings is 1. The van der Waals surface area contributed by atoms with Crippen LogP contribution in [0, 0.1) is 0 Å². The number of aliphatic hydroxyl groups is 1. The molecule has 0 saturated heterocycles. The number of carboxylic acids is 1. The van der Waals surface area contributed by atoms with Gasteiger partial charge in [0.2, 0.25) is 6.10 Å². The molecule has 1 aromatic carbocycles. The van der Waals surface area contributed by atoms with E-state index in [1.165, 1.54) is 18.2 Å². The maximum Gasteiger partial charge on any atom is 0.430 e. The highest BCUT2D eigenvalue weighted by molar-refractivity contribution is 5.95. The van der Waals surface area contributed by atoms with E-state index in [9.17, 15) is 18.0 Å². The zero-order valence-electron chi connectivity index (χ0n) is 9.44. The first kappa shape index (κ1) is 13.4. The van der Waals surface area contributed by atoms with Gasteiger partial charge in [-0.3, -0.25) is 0 Å². The minimum Gasteiger partial charge on any atom is -0.478 e. The number of carbonyl (C=O) groups is 1. The van der Waals surface area contributed by atoms with Gasteiger partial charge in [-0.1, -0.05) is 6.07 Å². The molecule has 0 amide bonds. The lowest BCUT2D eigenvalue weighted by atomic mass is 10.00. The van der Waals surface area contributed by atoms with Crippen molar-refractivity contribution in [1.29, 1.82) is 0 Å². The van der Waals surface area contributed by atoms with Crippen LogP contribution in [0.2, 0.25) is 0 Å². The molecule has 7 heteroatoms. The van der Waals surface area contributed by atoms with E-state index in [1.54, 1.807) is 0 Å². The minimum absolute atomic E-state index is 0.0653. The van der Waals surface area contributed by atoms with Crippen molar-refractivity contribution in [2.45, 2.75) is 18.9 Å². The van der Waals surface area contributed by atoms with Gasteiger partial charge in [-0.05, 0) is 23.8 Å². The van der Waals surface area contributed by atoms with E-state index in [4.69, 9.17) is 14.9 Å². The van der Waals surface area contributed by atoms with Gasteiger partial charge in [0.15, 0.2) is 0 Å². The number of ether oxygens (including phenoxy) is 1. The largest absolute Gasteiger partial charge is 0.478 e. The van der Waals surface area contributed by atoms with Gasteiger partial charge in [0.05, 0.1) is 12.2 Å². The SMILES string of the molecule is O=C(O)C1=Cc2cc(CO)ccc2O[C@@H]1C(F)(F)F. The normalized spacial score (nSPS) is 18.3. The number of rotatable bonds is 2. The van der Waals surface area contributed by atoms with E-state index < -0.39 is 23.8 Å². The molecule has 1 heterocycles. The Hall–Kier alpha value is -2.02. The van der Waals surface area contributed by atoms with Gasteiger partial charge in [-0.25, -0.2) is 4.79 Å². The van der Waals surface area contributed by atoms with Crippen molar-refractivity contribution in [2.75, 3.05) is 0 Å². The van der Waals surface area contributed by atoms with E-state index in [2.05, 4.69) is 0 Å². The lowest BCUT2D eigenvalue weighted by molar-refractivity contribution is -0.187. The van der Waals surface area contributed by atoms with Gasteiger partial charge in [-0.2, -0.15) is 13.2 Å². The summed E-state index contributed by atoms with van der Waals surface area (Å²) < 4.78 is 42.9. The predicted molar refractivity (Wildman–Crippen MR) is 58.4 cm³/mol. The van der Waals surface area contributed by atoms with Crippen LogP contribution in [0.1, 0.15) is 11.1 Å². The molecular weight excluding hydrogens is 265 g/mol. The van der Waals surface area contributed by atoms with Crippen LogP contribution in [0.3, 0.4) is 0 Å². The average molecular weight is 274 g/mol. The fourth-order valence-corrected chi connectivity index (χ4v) is 1.77. The summed E-state index contributed by atoms with van der Waals surface area (Å²) in [5.41, 5.74) is -0.228. The second-order valence-electron chi connectivity index (χ2n) is 3.97. The van der Waals surface area contributed by atoms with Gasteiger partial charge in [-0.15, -0.1) is 0 Å². The first-order valence-corrected chi connectivity index (χ1v) is 5.25. The summed E-state index contributed by atoms with van der Waals surface area (Å²) in [7, 11) is 0. The monoisotopic (exact) mass is 274 g/mol. The van der Waals surface area contributed by atoms with Crippen molar-refractivity contribution >= 4 is 12.0 Å². The van der Waals surface area contributed by atoms with Crippen molar-refractivity contribution < 1.29 is 32.9 Å². The molecule has 0 radical (unpaired) electrons. The van der Waals surface area contributed by atoms with Crippen LogP contribution in [0.5, 0.6) is 5.75 Å². The summed E-state index contributed by atoms with van der Waals surface area (Å²) in [6, 6.07) is 4.06. The molecule has 0 aliphatic carbocycles. The van der Waals surface area contributed by atoms with Crippen LogP contribution in [-0.4, -0.2) is 28.5 Å². The van der Waals surface area contributed by atoms with Crippen LogP contribution in [0.4, 0.5) is 13.2 Å². The second kappa shape index (κ2) is 4.58. The zero-order valence-corrected chi connectivity index (χ0v) is 9.44. The third-order valence-electron chi connectivity index (χ3n) is 2.64. The summed E-state index contributed by atoms with van der Waals surface area (Å²) in [6.45, 7) is -0.299. The van der Waals surface area contributed by atoms with Crippen molar-refractivity contribution in [3.63, 3.8) is 0 Å². The van der Waals surface area contributed by atoms with Gasteiger partial charge < -0.3 is 14.9 Å². The molecule has 1 aromatic rings. The maximum atomic E-state index is 12.7. The minimum atomic E-state index is -4.81. The molecule has 4 nitrogen and oxygen atoms in total. The molecule has 0 spiro atoms. The average Bonchev–Trinajstić information content (AvgIpc) is 2.35. The highest BCUT2D eigenvalue weighted by Gasteiger charge is 2.48. The van der Waals surface area contributed by atoms with E-state index in [0.717, 1.165) is 6.08 Å². The van der Waals surface area contributed by atoms with E-state index in [-0.39, 0.29) is 17.9 Å². The molecule has 0 fully saturated rings. The third kappa shape index (κ3) is 2.55. The number of halogens is 3. The number of carboxylic acid groups (broad SMARTS) is 1. The molecule has 0 bridgehead atoms. The highest BCUT2D eigenvalue weighted by atomic mass is 19.4. The quantitative estimate of drug-likeness (QED) is 0.865. The Bertz CT molecular complexity index is 548.